The smallest absolute Gasteiger partial charge is 0.254 e. The highest BCUT2D eigenvalue weighted by Crippen LogP contribution is 2.63. The minimum absolute atomic E-state index is 0.0149. The van der Waals surface area contributed by atoms with Gasteiger partial charge in [-0.3, -0.25) is 0 Å². The number of ether oxygens (including phenoxy) is 1. The summed E-state index contributed by atoms with van der Waals surface area (Å²) in [5, 5.41) is 0. The van der Waals surface area contributed by atoms with Crippen LogP contribution in [0.4, 0.5) is 8.78 Å². The molecular formula is C10H17F2NO. The second-order valence-electron chi connectivity index (χ2n) is 5.14. The molecule has 1 heterocycles. The molecule has 2 fully saturated rings. The van der Waals surface area contributed by atoms with Crippen LogP contribution in [0.25, 0.3) is 0 Å². The summed E-state index contributed by atoms with van der Waals surface area (Å²) in [6.45, 7) is 2.76. The minimum Gasteiger partial charge on any atom is -0.380 e. The topological polar surface area (TPSA) is 35.2 Å². The monoisotopic (exact) mass is 205 g/mol. The summed E-state index contributed by atoms with van der Waals surface area (Å²) in [4.78, 5) is 0. The third-order valence-corrected chi connectivity index (χ3v) is 3.47. The molecule has 1 saturated carbocycles. The fourth-order valence-electron chi connectivity index (χ4n) is 2.43. The van der Waals surface area contributed by atoms with E-state index in [2.05, 4.69) is 0 Å². The molecule has 1 aliphatic heterocycles. The van der Waals surface area contributed by atoms with Crippen LogP contribution in [0.15, 0.2) is 0 Å². The third kappa shape index (κ3) is 1.65. The van der Waals surface area contributed by atoms with E-state index in [0.29, 0.717) is 19.6 Å². The summed E-state index contributed by atoms with van der Waals surface area (Å²) >= 11 is 0. The zero-order valence-corrected chi connectivity index (χ0v) is 8.48. The minimum atomic E-state index is -2.50. The summed E-state index contributed by atoms with van der Waals surface area (Å²) in [6.07, 6.45) is 2.06. The van der Waals surface area contributed by atoms with Gasteiger partial charge in [0.05, 0.1) is 6.61 Å². The van der Waals surface area contributed by atoms with E-state index >= 15 is 0 Å². The van der Waals surface area contributed by atoms with Crippen LogP contribution in [-0.4, -0.2) is 24.7 Å². The zero-order chi connectivity index (χ0) is 10.4. The van der Waals surface area contributed by atoms with Gasteiger partial charge in [-0.15, -0.1) is 0 Å². The van der Waals surface area contributed by atoms with E-state index in [0.717, 1.165) is 12.8 Å². The Morgan fingerprint density at radius 2 is 2.07 bits per heavy atom. The molecule has 0 spiro atoms. The first kappa shape index (κ1) is 10.3. The molecule has 2 unspecified atom stereocenters. The summed E-state index contributed by atoms with van der Waals surface area (Å²) in [5.41, 5.74) is 4.65. The summed E-state index contributed by atoms with van der Waals surface area (Å²) in [5.74, 6) is -2.50. The van der Waals surface area contributed by atoms with E-state index in [-0.39, 0.29) is 6.42 Å². The standard InChI is InChI=1S/C10H17F2NO/c1-8(6-10(8,11)12)5-9(13)3-2-4-14-7-9/h2-7,13H2,1H3. The molecule has 2 nitrogen and oxygen atoms in total. The van der Waals surface area contributed by atoms with Crippen molar-refractivity contribution < 1.29 is 13.5 Å². The number of halogens is 2. The molecule has 0 radical (unpaired) electrons. The quantitative estimate of drug-likeness (QED) is 0.747. The summed E-state index contributed by atoms with van der Waals surface area (Å²) in [7, 11) is 0. The predicted molar refractivity (Wildman–Crippen MR) is 49.3 cm³/mol. The second kappa shape index (κ2) is 2.89. The Morgan fingerprint density at radius 1 is 1.43 bits per heavy atom. The lowest BCUT2D eigenvalue weighted by Crippen LogP contribution is -2.49. The van der Waals surface area contributed by atoms with Crippen LogP contribution in [0.5, 0.6) is 0 Å². The van der Waals surface area contributed by atoms with Gasteiger partial charge in [-0.05, 0) is 19.3 Å². The van der Waals surface area contributed by atoms with Gasteiger partial charge in [0, 0.05) is 24.0 Å². The highest BCUT2D eigenvalue weighted by molar-refractivity contribution is 5.11. The maximum atomic E-state index is 13.0. The molecule has 0 aromatic carbocycles. The molecule has 2 aliphatic rings. The first-order valence-corrected chi connectivity index (χ1v) is 5.12. The van der Waals surface area contributed by atoms with Crippen molar-refractivity contribution in [2.75, 3.05) is 13.2 Å². The maximum absolute atomic E-state index is 13.0. The van der Waals surface area contributed by atoms with Gasteiger partial charge >= 0.3 is 0 Å². The van der Waals surface area contributed by atoms with Crippen molar-refractivity contribution in [2.45, 2.75) is 44.1 Å². The zero-order valence-electron chi connectivity index (χ0n) is 8.48. The highest BCUT2D eigenvalue weighted by atomic mass is 19.3. The van der Waals surface area contributed by atoms with Crippen molar-refractivity contribution in [1.82, 2.24) is 0 Å². The molecule has 0 aromatic heterocycles. The number of nitrogens with two attached hydrogens (primary N) is 1. The first-order valence-electron chi connectivity index (χ1n) is 5.12. The van der Waals surface area contributed by atoms with Crippen molar-refractivity contribution >= 4 is 0 Å². The normalized spacial score (nSPS) is 46.3. The Hall–Kier alpha value is -0.220. The van der Waals surface area contributed by atoms with Crippen molar-refractivity contribution in [3.63, 3.8) is 0 Å². The van der Waals surface area contributed by atoms with Crippen LogP contribution in [-0.2, 0) is 4.74 Å². The first-order chi connectivity index (χ1) is 6.37. The van der Waals surface area contributed by atoms with E-state index < -0.39 is 16.9 Å². The van der Waals surface area contributed by atoms with E-state index in [4.69, 9.17) is 10.5 Å². The molecule has 82 valence electrons. The van der Waals surface area contributed by atoms with Crippen LogP contribution < -0.4 is 5.73 Å². The molecule has 0 amide bonds. The molecule has 2 atom stereocenters. The van der Waals surface area contributed by atoms with Crippen LogP contribution in [0.2, 0.25) is 0 Å². The molecule has 4 heteroatoms. The summed E-state index contributed by atoms with van der Waals surface area (Å²) in [6, 6.07) is 0. The van der Waals surface area contributed by atoms with E-state index in [1.807, 2.05) is 0 Å². The Morgan fingerprint density at radius 3 is 2.50 bits per heavy atom. The largest absolute Gasteiger partial charge is 0.380 e. The maximum Gasteiger partial charge on any atom is 0.254 e. The molecule has 2 N–H and O–H groups in total. The number of hydrogen-bond donors (Lipinski definition) is 1. The van der Waals surface area contributed by atoms with Crippen molar-refractivity contribution in [3.8, 4) is 0 Å². The second-order valence-corrected chi connectivity index (χ2v) is 5.14. The molecule has 0 aromatic rings. The van der Waals surface area contributed by atoms with Gasteiger partial charge in [0.1, 0.15) is 0 Å². The van der Waals surface area contributed by atoms with Crippen LogP contribution in [0.1, 0.15) is 32.6 Å². The lowest BCUT2D eigenvalue weighted by Gasteiger charge is -2.35. The van der Waals surface area contributed by atoms with Gasteiger partial charge in [0.25, 0.3) is 5.92 Å². The third-order valence-electron chi connectivity index (χ3n) is 3.47. The van der Waals surface area contributed by atoms with Gasteiger partial charge in [-0.25, -0.2) is 8.78 Å². The van der Waals surface area contributed by atoms with E-state index in [1.54, 1.807) is 6.92 Å². The van der Waals surface area contributed by atoms with Gasteiger partial charge < -0.3 is 10.5 Å². The number of rotatable bonds is 2. The molecule has 14 heavy (non-hydrogen) atoms. The fraction of sp³-hybridized carbons (Fsp3) is 1.00. The van der Waals surface area contributed by atoms with Crippen molar-refractivity contribution in [2.24, 2.45) is 11.1 Å². The number of hydrogen-bond acceptors (Lipinski definition) is 2. The van der Waals surface area contributed by atoms with Gasteiger partial charge in [-0.1, -0.05) is 6.92 Å². The SMILES string of the molecule is CC1(CC2(N)CCCOC2)CC1(F)F. The lowest BCUT2D eigenvalue weighted by atomic mass is 9.83. The Bertz CT molecular complexity index is 238. The van der Waals surface area contributed by atoms with Crippen LogP contribution >= 0.6 is 0 Å². The Labute approximate surface area is 82.8 Å². The van der Waals surface area contributed by atoms with Gasteiger partial charge in [0.2, 0.25) is 0 Å². The molecular weight excluding hydrogens is 188 g/mol. The fourth-order valence-corrected chi connectivity index (χ4v) is 2.43. The Kier molecular flexibility index (Phi) is 2.13. The predicted octanol–water partition coefficient (Wildman–Crippen LogP) is 1.93. The average molecular weight is 205 g/mol. The summed E-state index contributed by atoms with van der Waals surface area (Å²) < 4.78 is 31.3. The number of alkyl halides is 2. The van der Waals surface area contributed by atoms with Crippen LogP contribution in [0.3, 0.4) is 0 Å². The molecule has 0 bridgehead atoms. The molecule has 1 saturated heterocycles. The van der Waals surface area contributed by atoms with E-state index in [1.165, 1.54) is 0 Å². The lowest BCUT2D eigenvalue weighted by molar-refractivity contribution is 0.00537. The highest BCUT2D eigenvalue weighted by Gasteiger charge is 2.69. The molecule has 1 aliphatic carbocycles. The molecule has 2 rings (SSSR count). The van der Waals surface area contributed by atoms with Crippen LogP contribution in [0, 0.1) is 5.41 Å². The van der Waals surface area contributed by atoms with Gasteiger partial charge in [-0.2, -0.15) is 0 Å². The average Bonchev–Trinajstić information content (AvgIpc) is 2.49. The van der Waals surface area contributed by atoms with Crippen molar-refractivity contribution in [1.29, 1.82) is 0 Å². The van der Waals surface area contributed by atoms with Gasteiger partial charge in [0.15, 0.2) is 0 Å². The Balaban J connectivity index is 1.97. The van der Waals surface area contributed by atoms with E-state index in [9.17, 15) is 8.78 Å². The van der Waals surface area contributed by atoms with Crippen molar-refractivity contribution in [3.05, 3.63) is 0 Å².